The van der Waals surface area contributed by atoms with Crippen LogP contribution in [0, 0.1) is 12.7 Å². The van der Waals surface area contributed by atoms with Crippen LogP contribution in [0.2, 0.25) is 0 Å². The van der Waals surface area contributed by atoms with Crippen LogP contribution in [-0.4, -0.2) is 41.1 Å². The number of anilines is 3. The predicted octanol–water partition coefficient (Wildman–Crippen LogP) is 3.98. The Morgan fingerprint density at radius 1 is 1.15 bits per heavy atom. The molecule has 0 saturated heterocycles. The second-order valence-electron chi connectivity index (χ2n) is 8.01. The zero-order chi connectivity index (χ0) is 23.7. The zero-order valence-electron chi connectivity index (χ0n) is 18.8. The van der Waals surface area contributed by atoms with Gasteiger partial charge in [0.15, 0.2) is 0 Å². The number of carbonyl (C=O) groups is 1. The molecule has 3 N–H and O–H groups in total. The van der Waals surface area contributed by atoms with Gasteiger partial charge >= 0.3 is 0 Å². The Morgan fingerprint density at radius 2 is 1.97 bits per heavy atom. The molecule has 4 aromatic rings. The number of amides is 1. The number of pyridine rings is 1. The number of halogens is 1. The minimum Gasteiger partial charge on any atom is -0.474 e. The van der Waals surface area contributed by atoms with E-state index in [1.54, 1.807) is 25.5 Å². The van der Waals surface area contributed by atoms with Crippen LogP contribution in [0.4, 0.5) is 21.7 Å². The summed E-state index contributed by atoms with van der Waals surface area (Å²) in [5, 5.41) is 9.65. The largest absolute Gasteiger partial charge is 0.474 e. The summed E-state index contributed by atoms with van der Waals surface area (Å²) in [4.78, 5) is 24.8. The topological polar surface area (TPSA) is 101 Å². The van der Waals surface area contributed by atoms with Crippen LogP contribution in [-0.2, 0) is 11.2 Å². The second-order valence-corrected chi connectivity index (χ2v) is 8.01. The Hall–Kier alpha value is -4.27. The summed E-state index contributed by atoms with van der Waals surface area (Å²) in [5.74, 6) is 0.502. The van der Waals surface area contributed by atoms with Crippen LogP contribution >= 0.6 is 0 Å². The molecule has 3 heterocycles. The summed E-state index contributed by atoms with van der Waals surface area (Å²) in [7, 11) is 1.61. The smallest absolute Gasteiger partial charge is 0.237 e. The fourth-order valence-electron chi connectivity index (χ4n) is 3.92. The van der Waals surface area contributed by atoms with Gasteiger partial charge in [-0.25, -0.2) is 19.3 Å². The van der Waals surface area contributed by atoms with Crippen molar-refractivity contribution in [1.29, 1.82) is 0 Å². The van der Waals surface area contributed by atoms with Crippen molar-refractivity contribution in [2.75, 3.05) is 30.8 Å². The number of carbonyl (C=O) groups excluding carboxylic acids is 1. The molecule has 0 spiro atoms. The zero-order valence-corrected chi connectivity index (χ0v) is 18.8. The second kappa shape index (κ2) is 8.93. The van der Waals surface area contributed by atoms with Gasteiger partial charge < -0.3 is 20.7 Å². The molecule has 1 amide bonds. The number of rotatable bonds is 5. The third-order valence-electron chi connectivity index (χ3n) is 5.76. The molecule has 2 aromatic heterocycles. The van der Waals surface area contributed by atoms with Crippen LogP contribution in [0.1, 0.15) is 11.1 Å². The Morgan fingerprint density at radius 3 is 2.76 bits per heavy atom. The molecule has 5 rings (SSSR count). The van der Waals surface area contributed by atoms with Crippen molar-refractivity contribution in [1.82, 2.24) is 20.3 Å². The van der Waals surface area contributed by atoms with E-state index in [0.717, 1.165) is 22.5 Å². The van der Waals surface area contributed by atoms with Gasteiger partial charge in [0.1, 0.15) is 18.1 Å². The fourth-order valence-corrected chi connectivity index (χ4v) is 3.92. The summed E-state index contributed by atoms with van der Waals surface area (Å²) in [6, 6.07) is 10.6. The van der Waals surface area contributed by atoms with Crippen molar-refractivity contribution in [3.05, 3.63) is 65.7 Å². The highest BCUT2D eigenvalue weighted by Gasteiger charge is 2.19. The van der Waals surface area contributed by atoms with Crippen LogP contribution < -0.4 is 20.7 Å². The van der Waals surface area contributed by atoms with Crippen molar-refractivity contribution in [3.8, 4) is 17.0 Å². The lowest BCUT2D eigenvalue weighted by atomic mass is 9.99. The molecule has 34 heavy (non-hydrogen) atoms. The molecule has 1 aliphatic heterocycles. The van der Waals surface area contributed by atoms with Gasteiger partial charge in [0.2, 0.25) is 17.7 Å². The summed E-state index contributed by atoms with van der Waals surface area (Å²) >= 11 is 0. The van der Waals surface area contributed by atoms with Gasteiger partial charge in [0, 0.05) is 48.2 Å². The molecule has 0 bridgehead atoms. The molecule has 9 heteroatoms. The minimum absolute atomic E-state index is 0.0470. The Labute approximate surface area is 195 Å². The molecule has 0 fully saturated rings. The molecule has 0 radical (unpaired) electrons. The number of aromatic nitrogens is 3. The van der Waals surface area contributed by atoms with E-state index >= 15 is 4.39 Å². The summed E-state index contributed by atoms with van der Waals surface area (Å²) in [6.45, 7) is 3.14. The Kier molecular flexibility index (Phi) is 5.67. The molecule has 0 unspecified atom stereocenters. The first-order valence-corrected chi connectivity index (χ1v) is 10.9. The number of hydrogen-bond acceptors (Lipinski definition) is 7. The highest BCUT2D eigenvalue weighted by molar-refractivity contribution is 5.87. The average molecular weight is 458 g/mol. The lowest BCUT2D eigenvalue weighted by molar-refractivity contribution is -0.119. The van der Waals surface area contributed by atoms with Crippen LogP contribution in [0.5, 0.6) is 5.88 Å². The maximum atomic E-state index is 15.0. The number of ether oxygens (including phenoxy) is 1. The van der Waals surface area contributed by atoms with Crippen LogP contribution in [0.25, 0.3) is 22.0 Å². The van der Waals surface area contributed by atoms with E-state index in [9.17, 15) is 4.79 Å². The predicted molar refractivity (Wildman–Crippen MR) is 129 cm³/mol. The number of nitrogens with one attached hydrogen (secondary N) is 3. The molecule has 0 aliphatic carbocycles. The normalized spacial score (nSPS) is 12.4. The average Bonchev–Trinajstić information content (AvgIpc) is 2.85. The molecule has 2 aromatic carbocycles. The number of nitrogens with zero attached hydrogens (tertiary/aromatic N) is 3. The maximum absolute atomic E-state index is 15.0. The SMILES string of the molecule is CNC(=O)Cc1ccc(Nc2ncc3cc(F)c(-c4cnc5c(c4C)NCCO5)cc3n2)cc1. The van der Waals surface area contributed by atoms with Crippen molar-refractivity contribution < 1.29 is 13.9 Å². The van der Waals surface area contributed by atoms with Gasteiger partial charge in [0.25, 0.3) is 0 Å². The van der Waals surface area contributed by atoms with Crippen molar-refractivity contribution in [2.24, 2.45) is 0 Å². The van der Waals surface area contributed by atoms with E-state index in [-0.39, 0.29) is 11.7 Å². The molecule has 172 valence electrons. The molecule has 1 aliphatic rings. The lowest BCUT2D eigenvalue weighted by Gasteiger charge is -2.21. The quantitative estimate of drug-likeness (QED) is 0.416. The number of hydrogen-bond donors (Lipinski definition) is 3. The van der Waals surface area contributed by atoms with E-state index in [2.05, 4.69) is 30.9 Å². The van der Waals surface area contributed by atoms with Crippen LogP contribution in [0.15, 0.2) is 48.8 Å². The molecule has 0 atom stereocenters. The minimum atomic E-state index is -0.370. The number of benzene rings is 2. The summed E-state index contributed by atoms with van der Waals surface area (Å²) < 4.78 is 20.6. The summed E-state index contributed by atoms with van der Waals surface area (Å²) in [5.41, 5.74) is 5.03. The van der Waals surface area contributed by atoms with E-state index in [0.29, 0.717) is 53.4 Å². The highest BCUT2D eigenvalue weighted by Crippen LogP contribution is 2.37. The van der Waals surface area contributed by atoms with Gasteiger partial charge in [0.05, 0.1) is 11.9 Å². The van der Waals surface area contributed by atoms with E-state index in [1.165, 1.54) is 6.07 Å². The molecular weight excluding hydrogens is 435 g/mol. The Balaban J connectivity index is 1.45. The molecular formula is C25H23FN6O2. The van der Waals surface area contributed by atoms with Crippen molar-refractivity contribution in [3.63, 3.8) is 0 Å². The third-order valence-corrected chi connectivity index (χ3v) is 5.76. The number of likely N-dealkylation sites (N-methyl/N-ethyl adjacent to an activating group) is 1. The van der Waals surface area contributed by atoms with Crippen molar-refractivity contribution >= 4 is 34.1 Å². The standard InChI is InChI=1S/C25H23FN6O2/c1-14-19(13-29-24-23(14)28-7-8-34-24)18-11-21-16(10-20(18)26)12-30-25(32-21)31-17-5-3-15(4-6-17)9-22(33)27-2/h3-6,10-13,28H,7-9H2,1-2H3,(H,27,33)(H,30,31,32). The van der Waals surface area contributed by atoms with E-state index < -0.39 is 0 Å². The molecule has 8 nitrogen and oxygen atoms in total. The third kappa shape index (κ3) is 4.19. The monoisotopic (exact) mass is 458 g/mol. The fraction of sp³-hybridized carbons (Fsp3) is 0.200. The van der Waals surface area contributed by atoms with E-state index in [1.807, 2.05) is 31.2 Å². The van der Waals surface area contributed by atoms with Gasteiger partial charge in [-0.2, -0.15) is 0 Å². The van der Waals surface area contributed by atoms with Gasteiger partial charge in [-0.05, 0) is 42.3 Å². The highest BCUT2D eigenvalue weighted by atomic mass is 19.1. The van der Waals surface area contributed by atoms with E-state index in [4.69, 9.17) is 4.74 Å². The van der Waals surface area contributed by atoms with Crippen LogP contribution in [0.3, 0.4) is 0 Å². The Bertz CT molecular complexity index is 1390. The molecule has 0 saturated carbocycles. The van der Waals surface area contributed by atoms with Crippen molar-refractivity contribution in [2.45, 2.75) is 13.3 Å². The maximum Gasteiger partial charge on any atom is 0.237 e. The number of fused-ring (bicyclic) bond motifs is 2. The van der Waals surface area contributed by atoms with Gasteiger partial charge in [-0.3, -0.25) is 4.79 Å². The first kappa shape index (κ1) is 21.6. The summed E-state index contributed by atoms with van der Waals surface area (Å²) in [6.07, 6.45) is 3.53. The first-order valence-electron chi connectivity index (χ1n) is 10.9. The van der Waals surface area contributed by atoms with Gasteiger partial charge in [-0.1, -0.05) is 12.1 Å². The van der Waals surface area contributed by atoms with Gasteiger partial charge in [-0.15, -0.1) is 0 Å². The first-order chi connectivity index (χ1) is 16.5. The lowest BCUT2D eigenvalue weighted by Crippen LogP contribution is -2.20.